The van der Waals surface area contributed by atoms with Crippen LogP contribution in [0, 0.1) is 0 Å². The van der Waals surface area contributed by atoms with Crippen molar-refractivity contribution in [2.45, 2.75) is 58.2 Å². The van der Waals surface area contributed by atoms with E-state index in [0.29, 0.717) is 0 Å². The van der Waals surface area contributed by atoms with Gasteiger partial charge in [0.05, 0.1) is 0 Å². The molecule has 0 aliphatic heterocycles. The second-order valence-corrected chi connectivity index (χ2v) is 5.16. The minimum atomic E-state index is -4.09. The molecule has 4 heteroatoms. The van der Waals surface area contributed by atoms with E-state index in [2.05, 4.69) is 12.2 Å². The summed E-state index contributed by atoms with van der Waals surface area (Å²) < 4.78 is 37.3. The van der Waals surface area contributed by atoms with Crippen molar-refractivity contribution < 1.29 is 13.2 Å². The molecule has 1 unspecified atom stereocenters. The molecule has 0 radical (unpaired) electrons. The van der Waals surface area contributed by atoms with Gasteiger partial charge in [0, 0.05) is 12.5 Å². The van der Waals surface area contributed by atoms with Gasteiger partial charge in [-0.3, -0.25) is 0 Å². The lowest BCUT2D eigenvalue weighted by molar-refractivity contribution is -0.136. The monoisotopic (exact) mass is 287 g/mol. The van der Waals surface area contributed by atoms with Crippen LogP contribution in [0.25, 0.3) is 0 Å². The lowest BCUT2D eigenvalue weighted by Gasteiger charge is -2.20. The Morgan fingerprint density at radius 1 is 1.15 bits per heavy atom. The largest absolute Gasteiger partial charge is 0.389 e. The molecule has 1 aromatic rings. The Balaban J connectivity index is 2.77. The van der Waals surface area contributed by atoms with Crippen LogP contribution in [0.1, 0.15) is 56.7 Å². The second-order valence-electron chi connectivity index (χ2n) is 5.16. The van der Waals surface area contributed by atoms with E-state index in [9.17, 15) is 13.2 Å². The lowest BCUT2D eigenvalue weighted by Crippen LogP contribution is -2.24. The van der Waals surface area contributed by atoms with Gasteiger partial charge in [-0.05, 0) is 36.9 Å². The highest BCUT2D eigenvalue weighted by atomic mass is 19.4. The van der Waals surface area contributed by atoms with Crippen LogP contribution in [0.15, 0.2) is 24.3 Å². The highest BCUT2D eigenvalue weighted by Gasteiger charge is 2.28. The highest BCUT2D eigenvalue weighted by molar-refractivity contribution is 5.26. The third-order valence-corrected chi connectivity index (χ3v) is 3.25. The van der Waals surface area contributed by atoms with Crippen LogP contribution < -0.4 is 5.32 Å². The molecular formula is C16H24F3N. The third-order valence-electron chi connectivity index (χ3n) is 3.25. The summed E-state index contributed by atoms with van der Waals surface area (Å²) in [5.41, 5.74) is 2.16. The first-order chi connectivity index (χ1) is 9.46. The zero-order valence-electron chi connectivity index (χ0n) is 12.3. The Labute approximate surface area is 119 Å². The molecule has 114 valence electrons. The zero-order chi connectivity index (χ0) is 15.0. The van der Waals surface area contributed by atoms with Crippen LogP contribution in [0.5, 0.6) is 0 Å². The van der Waals surface area contributed by atoms with Gasteiger partial charge in [0.15, 0.2) is 0 Å². The van der Waals surface area contributed by atoms with E-state index < -0.39 is 12.6 Å². The first-order valence-corrected chi connectivity index (χ1v) is 7.35. The summed E-state index contributed by atoms with van der Waals surface area (Å²) in [6.45, 7) is 4.85. The molecule has 1 N–H and O–H groups in total. The topological polar surface area (TPSA) is 12.0 Å². The van der Waals surface area contributed by atoms with Crippen molar-refractivity contribution in [2.75, 3.05) is 6.54 Å². The molecule has 0 aliphatic rings. The van der Waals surface area contributed by atoms with Gasteiger partial charge in [0.1, 0.15) is 0 Å². The maximum atomic E-state index is 12.4. The summed E-state index contributed by atoms with van der Waals surface area (Å²) in [5, 5.41) is 3.23. The van der Waals surface area contributed by atoms with Gasteiger partial charge in [-0.2, -0.15) is 13.2 Å². The van der Waals surface area contributed by atoms with Crippen LogP contribution >= 0.6 is 0 Å². The van der Waals surface area contributed by atoms with E-state index in [4.69, 9.17) is 0 Å². The molecule has 0 aliphatic carbocycles. The minimum Gasteiger partial charge on any atom is -0.310 e. The fourth-order valence-electron chi connectivity index (χ4n) is 2.27. The Kier molecular flexibility index (Phi) is 7.06. The van der Waals surface area contributed by atoms with Crippen LogP contribution in [-0.4, -0.2) is 12.7 Å². The van der Waals surface area contributed by atoms with Crippen molar-refractivity contribution in [2.24, 2.45) is 0 Å². The fourth-order valence-corrected chi connectivity index (χ4v) is 2.27. The number of aryl methyl sites for hydroxylation is 1. The summed E-state index contributed by atoms with van der Waals surface area (Å²) in [7, 11) is 0. The molecule has 0 heterocycles. The smallest absolute Gasteiger partial charge is 0.310 e. The third kappa shape index (κ3) is 6.42. The first kappa shape index (κ1) is 17.0. The van der Waals surface area contributed by atoms with Crippen molar-refractivity contribution in [1.82, 2.24) is 5.32 Å². The minimum absolute atomic E-state index is 0.0963. The van der Waals surface area contributed by atoms with Gasteiger partial charge in [-0.1, -0.05) is 44.5 Å². The van der Waals surface area contributed by atoms with Crippen LogP contribution in [-0.2, 0) is 6.42 Å². The summed E-state index contributed by atoms with van der Waals surface area (Å²) in [4.78, 5) is 0. The van der Waals surface area contributed by atoms with Gasteiger partial charge in [-0.15, -0.1) is 0 Å². The van der Waals surface area contributed by atoms with E-state index in [0.717, 1.165) is 31.4 Å². The average molecular weight is 287 g/mol. The highest BCUT2D eigenvalue weighted by Crippen LogP contribution is 2.28. The maximum absolute atomic E-state index is 12.4. The Morgan fingerprint density at radius 3 is 2.50 bits per heavy atom. The number of halogens is 3. The lowest BCUT2D eigenvalue weighted by atomic mass is 9.98. The molecule has 0 aromatic heterocycles. The van der Waals surface area contributed by atoms with Crippen molar-refractivity contribution in [3.63, 3.8) is 0 Å². The zero-order valence-corrected chi connectivity index (χ0v) is 12.3. The van der Waals surface area contributed by atoms with E-state index in [1.807, 2.05) is 31.2 Å². The number of rotatable bonds is 8. The van der Waals surface area contributed by atoms with Crippen molar-refractivity contribution in [3.05, 3.63) is 35.4 Å². The predicted octanol–water partition coefficient (Wildman–Crippen LogP) is 5.02. The van der Waals surface area contributed by atoms with E-state index in [1.54, 1.807) is 0 Å². The number of benzene rings is 1. The van der Waals surface area contributed by atoms with Crippen molar-refractivity contribution in [3.8, 4) is 0 Å². The molecule has 0 saturated carbocycles. The van der Waals surface area contributed by atoms with E-state index in [-0.39, 0.29) is 12.5 Å². The molecule has 0 spiro atoms. The van der Waals surface area contributed by atoms with Gasteiger partial charge in [-0.25, -0.2) is 0 Å². The van der Waals surface area contributed by atoms with Crippen molar-refractivity contribution >= 4 is 0 Å². The molecule has 20 heavy (non-hydrogen) atoms. The first-order valence-electron chi connectivity index (χ1n) is 7.35. The number of alkyl halides is 3. The number of nitrogens with one attached hydrogen (secondary N) is 1. The molecule has 0 amide bonds. The summed E-state index contributed by atoms with van der Waals surface area (Å²) in [5.74, 6) is 0. The van der Waals surface area contributed by atoms with Gasteiger partial charge >= 0.3 is 6.18 Å². The quantitative estimate of drug-likeness (QED) is 0.707. The van der Waals surface area contributed by atoms with Crippen LogP contribution in [0.4, 0.5) is 13.2 Å². The summed E-state index contributed by atoms with van der Waals surface area (Å²) >= 11 is 0. The normalized spacial score (nSPS) is 13.4. The number of hydrogen-bond acceptors (Lipinski definition) is 1. The molecule has 0 saturated heterocycles. The van der Waals surface area contributed by atoms with Crippen LogP contribution in [0.2, 0.25) is 0 Å². The van der Waals surface area contributed by atoms with E-state index >= 15 is 0 Å². The molecule has 0 fully saturated rings. The van der Waals surface area contributed by atoms with Crippen molar-refractivity contribution in [1.29, 1.82) is 0 Å². The standard InChI is InChI=1S/C16H24F3N/c1-3-6-13-7-5-8-14(12-13)15(20-11-4-2)9-10-16(17,18)19/h5,7-8,12,15,20H,3-4,6,9-11H2,1-2H3. The Morgan fingerprint density at radius 2 is 1.90 bits per heavy atom. The second kappa shape index (κ2) is 8.30. The maximum Gasteiger partial charge on any atom is 0.389 e. The molecular weight excluding hydrogens is 263 g/mol. The Bertz CT molecular complexity index is 388. The van der Waals surface area contributed by atoms with Gasteiger partial charge in [0.2, 0.25) is 0 Å². The molecule has 0 bridgehead atoms. The summed E-state index contributed by atoms with van der Waals surface area (Å²) in [6, 6.07) is 7.71. The molecule has 1 aromatic carbocycles. The number of hydrogen-bond donors (Lipinski definition) is 1. The fraction of sp³-hybridized carbons (Fsp3) is 0.625. The molecule has 1 rings (SSSR count). The van der Waals surface area contributed by atoms with Gasteiger partial charge < -0.3 is 5.32 Å². The van der Waals surface area contributed by atoms with Gasteiger partial charge in [0.25, 0.3) is 0 Å². The average Bonchev–Trinajstić information content (AvgIpc) is 2.38. The molecule has 1 nitrogen and oxygen atoms in total. The van der Waals surface area contributed by atoms with E-state index in [1.165, 1.54) is 5.56 Å². The SMILES string of the molecule is CCCNC(CCC(F)(F)F)c1cccc(CCC)c1. The van der Waals surface area contributed by atoms with Crippen LogP contribution in [0.3, 0.4) is 0 Å². The predicted molar refractivity (Wildman–Crippen MR) is 76.8 cm³/mol. The Hall–Kier alpha value is -1.03. The summed E-state index contributed by atoms with van der Waals surface area (Å²) in [6.07, 6.45) is -1.82. The molecule has 1 atom stereocenters.